The molecule has 0 bridgehead atoms. The molecule has 1 amide bonds. The molecule has 0 aromatic heterocycles. The molecule has 0 aliphatic heterocycles. The SMILES string of the molecule is CN(C)C(=O)c1ccc(Cl)cc1NC1CC(O)C1(C)C. The lowest BCUT2D eigenvalue weighted by atomic mass is 9.64. The molecule has 0 spiro atoms. The highest BCUT2D eigenvalue weighted by atomic mass is 35.5. The summed E-state index contributed by atoms with van der Waals surface area (Å²) in [6.07, 6.45) is 0.363. The molecule has 0 heterocycles. The Balaban J connectivity index is 2.27. The molecule has 1 aliphatic carbocycles. The zero-order valence-corrected chi connectivity index (χ0v) is 13.0. The number of benzene rings is 1. The minimum absolute atomic E-state index is 0.0677. The third-order valence-corrected chi connectivity index (χ3v) is 4.40. The average Bonchev–Trinajstić information content (AvgIpc) is 2.37. The van der Waals surface area contributed by atoms with Gasteiger partial charge in [-0.2, -0.15) is 0 Å². The van der Waals surface area contributed by atoms with E-state index < -0.39 is 0 Å². The fourth-order valence-corrected chi connectivity index (χ4v) is 2.57. The molecule has 0 radical (unpaired) electrons. The Bertz CT molecular complexity index is 529. The van der Waals surface area contributed by atoms with Gasteiger partial charge in [0.15, 0.2) is 0 Å². The third kappa shape index (κ3) is 2.63. The van der Waals surface area contributed by atoms with Crippen molar-refractivity contribution in [2.45, 2.75) is 32.4 Å². The first-order chi connectivity index (χ1) is 9.23. The topological polar surface area (TPSA) is 52.6 Å². The smallest absolute Gasteiger partial charge is 0.255 e. The number of aliphatic hydroxyl groups is 1. The fourth-order valence-electron chi connectivity index (χ4n) is 2.40. The van der Waals surface area contributed by atoms with Crippen LogP contribution in [-0.4, -0.2) is 42.2 Å². The summed E-state index contributed by atoms with van der Waals surface area (Å²) in [5, 5.41) is 13.7. The van der Waals surface area contributed by atoms with E-state index in [9.17, 15) is 9.90 Å². The molecule has 1 aliphatic rings. The van der Waals surface area contributed by atoms with Gasteiger partial charge in [0.1, 0.15) is 0 Å². The van der Waals surface area contributed by atoms with Crippen molar-refractivity contribution in [1.29, 1.82) is 0 Å². The van der Waals surface area contributed by atoms with Gasteiger partial charge in [-0.15, -0.1) is 0 Å². The second-order valence-electron chi connectivity index (χ2n) is 6.16. The number of nitrogens with one attached hydrogen (secondary N) is 1. The van der Waals surface area contributed by atoms with Gasteiger partial charge >= 0.3 is 0 Å². The van der Waals surface area contributed by atoms with E-state index in [0.717, 1.165) is 5.69 Å². The molecule has 2 unspecified atom stereocenters. The second kappa shape index (κ2) is 5.26. The molecular weight excluding hydrogens is 276 g/mol. The molecule has 2 N–H and O–H groups in total. The van der Waals surface area contributed by atoms with Gasteiger partial charge < -0.3 is 15.3 Å². The van der Waals surface area contributed by atoms with E-state index in [-0.39, 0.29) is 23.5 Å². The Morgan fingerprint density at radius 2 is 2.10 bits per heavy atom. The maximum Gasteiger partial charge on any atom is 0.255 e. The van der Waals surface area contributed by atoms with Crippen molar-refractivity contribution in [2.75, 3.05) is 19.4 Å². The molecule has 1 saturated carbocycles. The highest BCUT2D eigenvalue weighted by Crippen LogP contribution is 2.42. The molecule has 1 aromatic carbocycles. The van der Waals surface area contributed by atoms with Crippen LogP contribution in [0.3, 0.4) is 0 Å². The van der Waals surface area contributed by atoms with Crippen LogP contribution in [0.4, 0.5) is 5.69 Å². The van der Waals surface area contributed by atoms with E-state index in [4.69, 9.17) is 11.6 Å². The number of anilines is 1. The van der Waals surface area contributed by atoms with Crippen LogP contribution >= 0.6 is 11.6 Å². The van der Waals surface area contributed by atoms with Crippen LogP contribution in [0.2, 0.25) is 5.02 Å². The lowest BCUT2D eigenvalue weighted by Gasteiger charge is -2.50. The molecule has 2 atom stereocenters. The molecule has 20 heavy (non-hydrogen) atoms. The Hall–Kier alpha value is -1.26. The molecular formula is C15H21ClN2O2. The van der Waals surface area contributed by atoms with Crippen molar-refractivity contribution in [3.8, 4) is 0 Å². The van der Waals surface area contributed by atoms with Gasteiger partial charge in [-0.05, 0) is 24.6 Å². The van der Waals surface area contributed by atoms with Gasteiger partial charge in [0.05, 0.1) is 11.7 Å². The number of rotatable bonds is 3. The lowest BCUT2D eigenvalue weighted by Crippen LogP contribution is -2.57. The van der Waals surface area contributed by atoms with Crippen LogP contribution in [0.15, 0.2) is 18.2 Å². The quantitative estimate of drug-likeness (QED) is 0.901. The Kier molecular flexibility index (Phi) is 3.98. The fraction of sp³-hybridized carbons (Fsp3) is 0.533. The second-order valence-corrected chi connectivity index (χ2v) is 6.60. The number of carbonyl (C=O) groups excluding carboxylic acids is 1. The highest BCUT2D eigenvalue weighted by molar-refractivity contribution is 6.31. The minimum Gasteiger partial charge on any atom is -0.392 e. The van der Waals surface area contributed by atoms with E-state index in [2.05, 4.69) is 5.32 Å². The summed E-state index contributed by atoms with van der Waals surface area (Å²) in [4.78, 5) is 13.7. The van der Waals surface area contributed by atoms with Gasteiger partial charge in [0.2, 0.25) is 0 Å². The molecule has 2 rings (SSSR count). The van der Waals surface area contributed by atoms with Crippen molar-refractivity contribution < 1.29 is 9.90 Å². The van der Waals surface area contributed by atoms with E-state index in [0.29, 0.717) is 17.0 Å². The van der Waals surface area contributed by atoms with Crippen molar-refractivity contribution in [1.82, 2.24) is 4.90 Å². The third-order valence-electron chi connectivity index (χ3n) is 4.16. The van der Waals surface area contributed by atoms with Gasteiger partial charge in [0.25, 0.3) is 5.91 Å². The first-order valence-electron chi connectivity index (χ1n) is 6.69. The zero-order chi connectivity index (χ0) is 15.1. The molecule has 0 saturated heterocycles. The Morgan fingerprint density at radius 1 is 1.45 bits per heavy atom. The Labute approximate surface area is 124 Å². The predicted molar refractivity (Wildman–Crippen MR) is 81.3 cm³/mol. The summed E-state index contributed by atoms with van der Waals surface area (Å²) in [7, 11) is 3.44. The monoisotopic (exact) mass is 296 g/mol. The van der Waals surface area contributed by atoms with Crippen LogP contribution < -0.4 is 5.32 Å². The van der Waals surface area contributed by atoms with E-state index in [1.165, 1.54) is 4.90 Å². The van der Waals surface area contributed by atoms with Crippen molar-refractivity contribution in [2.24, 2.45) is 5.41 Å². The van der Waals surface area contributed by atoms with Crippen LogP contribution in [0, 0.1) is 5.41 Å². The van der Waals surface area contributed by atoms with Gasteiger partial charge in [-0.25, -0.2) is 0 Å². The van der Waals surface area contributed by atoms with Gasteiger partial charge in [-0.3, -0.25) is 4.79 Å². The van der Waals surface area contributed by atoms with Crippen molar-refractivity contribution >= 4 is 23.2 Å². The van der Waals surface area contributed by atoms with Crippen LogP contribution in [0.25, 0.3) is 0 Å². The number of aliphatic hydroxyl groups excluding tert-OH is 1. The summed E-state index contributed by atoms with van der Waals surface area (Å²) < 4.78 is 0. The number of nitrogens with zero attached hydrogens (tertiary/aromatic N) is 1. The number of carbonyl (C=O) groups is 1. The largest absolute Gasteiger partial charge is 0.392 e. The summed E-state index contributed by atoms with van der Waals surface area (Å²) in [5.41, 5.74) is 1.11. The van der Waals surface area contributed by atoms with Crippen molar-refractivity contribution in [3.63, 3.8) is 0 Å². The van der Waals surface area contributed by atoms with E-state index in [1.54, 1.807) is 32.3 Å². The standard InChI is InChI=1S/C15H21ClN2O2/c1-15(2)12(8-13(15)19)17-11-7-9(16)5-6-10(11)14(20)18(3)4/h5-7,12-13,17,19H,8H2,1-4H3. The zero-order valence-electron chi connectivity index (χ0n) is 12.3. The molecule has 1 fully saturated rings. The number of amides is 1. The summed E-state index contributed by atoms with van der Waals surface area (Å²) in [6.45, 7) is 4.02. The maximum atomic E-state index is 12.2. The molecule has 5 heteroatoms. The normalized spacial score (nSPS) is 23.9. The molecule has 1 aromatic rings. The first kappa shape index (κ1) is 15.1. The van der Waals surface area contributed by atoms with Gasteiger partial charge in [0, 0.05) is 36.3 Å². The summed E-state index contributed by atoms with van der Waals surface area (Å²) >= 11 is 6.03. The van der Waals surface area contributed by atoms with E-state index in [1.807, 2.05) is 13.8 Å². The summed E-state index contributed by atoms with van der Waals surface area (Å²) in [6, 6.07) is 5.34. The first-order valence-corrected chi connectivity index (χ1v) is 7.07. The number of halogens is 1. The molecule has 110 valence electrons. The van der Waals surface area contributed by atoms with Crippen LogP contribution in [-0.2, 0) is 0 Å². The minimum atomic E-state index is -0.313. The molecule has 4 nitrogen and oxygen atoms in total. The van der Waals surface area contributed by atoms with Gasteiger partial charge in [-0.1, -0.05) is 25.4 Å². The number of hydrogen-bond acceptors (Lipinski definition) is 3. The van der Waals surface area contributed by atoms with Crippen LogP contribution in [0.1, 0.15) is 30.6 Å². The van der Waals surface area contributed by atoms with Crippen LogP contribution in [0.5, 0.6) is 0 Å². The Morgan fingerprint density at radius 3 is 2.60 bits per heavy atom. The predicted octanol–water partition coefficient (Wildman–Crippen LogP) is 2.61. The number of hydrogen-bond donors (Lipinski definition) is 2. The lowest BCUT2D eigenvalue weighted by molar-refractivity contribution is -0.0510. The summed E-state index contributed by atoms with van der Waals surface area (Å²) in [5.74, 6) is -0.0677. The highest BCUT2D eigenvalue weighted by Gasteiger charge is 2.47. The maximum absolute atomic E-state index is 12.2. The van der Waals surface area contributed by atoms with Crippen molar-refractivity contribution in [3.05, 3.63) is 28.8 Å². The average molecular weight is 297 g/mol. The van der Waals surface area contributed by atoms with E-state index >= 15 is 0 Å².